The van der Waals surface area contributed by atoms with Gasteiger partial charge in [-0.3, -0.25) is 9.98 Å². The summed E-state index contributed by atoms with van der Waals surface area (Å²) in [7, 11) is 0. The highest BCUT2D eigenvalue weighted by molar-refractivity contribution is 6.00. The number of aliphatic imine (C=N–C) groups is 2. The molecule has 0 radical (unpaired) electrons. The molecule has 5 rings (SSSR count). The molecule has 0 bridgehead atoms. The van der Waals surface area contributed by atoms with Crippen molar-refractivity contribution >= 4 is 11.7 Å². The number of amidine groups is 2. The molecular weight excluding hydrogens is 411 g/mol. The van der Waals surface area contributed by atoms with Crippen LogP contribution in [0, 0.1) is 5.82 Å². The summed E-state index contributed by atoms with van der Waals surface area (Å²) >= 11 is 0. The Kier molecular flexibility index (Phi) is 6.47. The van der Waals surface area contributed by atoms with Crippen LogP contribution in [0.1, 0.15) is 33.4 Å². The number of hydrogen-bond acceptors (Lipinski definition) is 4. The van der Waals surface area contributed by atoms with Gasteiger partial charge in [-0.15, -0.1) is 0 Å². The van der Waals surface area contributed by atoms with Gasteiger partial charge in [0.05, 0.1) is 13.1 Å². The maximum Gasteiger partial charge on any atom is 0.129 e. The minimum Gasteiger partial charge on any atom is -0.368 e. The van der Waals surface area contributed by atoms with Crippen molar-refractivity contribution in [3.63, 3.8) is 0 Å². The first-order chi connectivity index (χ1) is 16.3. The summed E-state index contributed by atoms with van der Waals surface area (Å²) in [5.74, 6) is 1.89. The molecule has 168 valence electrons. The molecular formula is C28H29FN4. The van der Waals surface area contributed by atoms with Gasteiger partial charge in [-0.1, -0.05) is 66.7 Å². The Labute approximate surface area is 194 Å². The second kappa shape index (κ2) is 9.99. The number of nitrogens with one attached hydrogen (secondary N) is 2. The van der Waals surface area contributed by atoms with E-state index >= 15 is 4.39 Å². The largest absolute Gasteiger partial charge is 0.368 e. The van der Waals surface area contributed by atoms with Crippen LogP contribution in [0.4, 0.5) is 4.39 Å². The minimum atomic E-state index is -0.0558. The molecule has 0 aliphatic carbocycles. The summed E-state index contributed by atoms with van der Waals surface area (Å²) in [6, 6.07) is 22.7. The van der Waals surface area contributed by atoms with Crippen LogP contribution in [0.5, 0.6) is 0 Å². The molecule has 2 aliphatic heterocycles. The Morgan fingerprint density at radius 3 is 1.45 bits per heavy atom. The fraction of sp³-hybridized carbons (Fsp3) is 0.286. The smallest absolute Gasteiger partial charge is 0.129 e. The Balaban J connectivity index is 1.18. The van der Waals surface area contributed by atoms with Crippen LogP contribution in [-0.4, -0.2) is 37.9 Å². The van der Waals surface area contributed by atoms with Gasteiger partial charge in [0.2, 0.25) is 0 Å². The third-order valence-corrected chi connectivity index (χ3v) is 6.33. The van der Waals surface area contributed by atoms with Crippen molar-refractivity contribution in [2.75, 3.05) is 26.2 Å². The van der Waals surface area contributed by atoms with Gasteiger partial charge < -0.3 is 10.6 Å². The van der Waals surface area contributed by atoms with E-state index in [-0.39, 0.29) is 5.82 Å². The van der Waals surface area contributed by atoms with Crippen molar-refractivity contribution in [1.82, 2.24) is 10.6 Å². The Morgan fingerprint density at radius 1 is 0.606 bits per heavy atom. The summed E-state index contributed by atoms with van der Waals surface area (Å²) in [6.45, 7) is 3.49. The van der Waals surface area contributed by atoms with E-state index in [2.05, 4.69) is 69.1 Å². The highest BCUT2D eigenvalue weighted by Crippen LogP contribution is 2.19. The fourth-order valence-corrected chi connectivity index (χ4v) is 4.42. The lowest BCUT2D eigenvalue weighted by Crippen LogP contribution is -2.19. The molecule has 0 amide bonds. The number of rotatable bonds is 8. The van der Waals surface area contributed by atoms with E-state index in [9.17, 15) is 0 Å². The van der Waals surface area contributed by atoms with E-state index in [4.69, 9.17) is 0 Å². The number of nitrogens with zero attached hydrogens (tertiary/aromatic N) is 2. The zero-order valence-electron chi connectivity index (χ0n) is 18.8. The third kappa shape index (κ3) is 5.14. The molecule has 0 fully saturated rings. The lowest BCUT2D eigenvalue weighted by molar-refractivity contribution is 0.590. The molecule has 0 atom stereocenters. The SMILES string of the molecule is Fc1c(CCc2ccc(C3=NCCN3)cc2)cccc1CCc1ccc(C2=NCCN2)cc1. The molecule has 4 nitrogen and oxygen atoms in total. The van der Waals surface area contributed by atoms with Gasteiger partial charge in [0.25, 0.3) is 0 Å². The molecule has 5 heteroatoms. The standard InChI is InChI=1S/C28H29FN4/c29-26-22(10-4-20-6-12-24(13-7-20)27-30-16-17-31-27)2-1-3-23(26)11-5-21-8-14-25(15-9-21)28-32-18-19-33-28/h1-3,6-9,12-15H,4-5,10-11,16-19H2,(H,30,31)(H,32,33). The van der Waals surface area contributed by atoms with Gasteiger partial charge in [0, 0.05) is 24.2 Å². The quantitative estimate of drug-likeness (QED) is 0.554. The summed E-state index contributed by atoms with van der Waals surface area (Å²) in [4.78, 5) is 8.92. The molecule has 0 unspecified atom stereocenters. The number of halogens is 1. The van der Waals surface area contributed by atoms with Gasteiger partial charge in [0.15, 0.2) is 0 Å². The minimum absolute atomic E-state index is 0.0558. The zero-order valence-corrected chi connectivity index (χ0v) is 18.8. The van der Waals surface area contributed by atoms with Crippen LogP contribution < -0.4 is 10.6 Å². The molecule has 3 aromatic carbocycles. The average molecular weight is 441 g/mol. The van der Waals surface area contributed by atoms with Gasteiger partial charge in [0.1, 0.15) is 17.5 Å². The van der Waals surface area contributed by atoms with Crippen molar-refractivity contribution in [2.45, 2.75) is 25.7 Å². The highest BCUT2D eigenvalue weighted by Gasteiger charge is 2.11. The number of hydrogen-bond donors (Lipinski definition) is 2. The predicted octanol–water partition coefficient (Wildman–Crippen LogP) is 4.10. The third-order valence-electron chi connectivity index (χ3n) is 6.33. The Hall–Kier alpha value is -3.47. The lowest BCUT2D eigenvalue weighted by atomic mass is 9.97. The van der Waals surface area contributed by atoms with Crippen molar-refractivity contribution in [2.24, 2.45) is 9.98 Å². The van der Waals surface area contributed by atoms with Crippen LogP contribution >= 0.6 is 0 Å². The molecule has 0 saturated heterocycles. The summed E-state index contributed by atoms with van der Waals surface area (Å²) in [5, 5.41) is 6.59. The van der Waals surface area contributed by atoms with Crippen molar-refractivity contribution in [3.8, 4) is 0 Å². The highest BCUT2D eigenvalue weighted by atomic mass is 19.1. The first-order valence-electron chi connectivity index (χ1n) is 11.8. The van der Waals surface area contributed by atoms with Gasteiger partial charge in [-0.05, 0) is 47.9 Å². The van der Waals surface area contributed by atoms with Crippen molar-refractivity contribution in [3.05, 3.63) is 106 Å². The van der Waals surface area contributed by atoms with E-state index in [1.54, 1.807) is 0 Å². The number of aryl methyl sites for hydroxylation is 4. The van der Waals surface area contributed by atoms with Crippen molar-refractivity contribution in [1.29, 1.82) is 0 Å². The Morgan fingerprint density at radius 2 is 1.06 bits per heavy atom. The van der Waals surface area contributed by atoms with E-state index < -0.39 is 0 Å². The molecule has 0 aromatic heterocycles. The summed E-state index contributed by atoms with van der Waals surface area (Å²) in [6.07, 6.45) is 3.03. The molecule has 3 aromatic rings. The summed E-state index contributed by atoms with van der Waals surface area (Å²) in [5.41, 5.74) is 6.24. The van der Waals surface area contributed by atoms with E-state index in [0.717, 1.165) is 72.9 Å². The Bertz CT molecular complexity index is 1070. The van der Waals surface area contributed by atoms with Gasteiger partial charge >= 0.3 is 0 Å². The first kappa shape index (κ1) is 21.4. The zero-order chi connectivity index (χ0) is 22.5. The molecule has 2 aliphatic rings. The van der Waals surface area contributed by atoms with E-state index in [1.165, 1.54) is 11.1 Å². The number of benzene rings is 3. The predicted molar refractivity (Wildman–Crippen MR) is 133 cm³/mol. The van der Waals surface area contributed by atoms with Crippen LogP contribution in [0.25, 0.3) is 0 Å². The van der Waals surface area contributed by atoms with Crippen molar-refractivity contribution < 1.29 is 4.39 Å². The molecule has 2 heterocycles. The first-order valence-corrected chi connectivity index (χ1v) is 11.8. The monoisotopic (exact) mass is 440 g/mol. The van der Waals surface area contributed by atoms with Crippen LogP contribution in [0.3, 0.4) is 0 Å². The normalized spacial score (nSPS) is 15.1. The second-order valence-electron chi connectivity index (χ2n) is 8.60. The molecule has 0 spiro atoms. The van der Waals surface area contributed by atoms with Gasteiger partial charge in [-0.2, -0.15) is 0 Å². The molecule has 0 saturated carbocycles. The fourth-order valence-electron chi connectivity index (χ4n) is 4.42. The molecule has 2 N–H and O–H groups in total. The van der Waals surface area contributed by atoms with E-state index in [1.807, 2.05) is 18.2 Å². The van der Waals surface area contributed by atoms with Gasteiger partial charge in [-0.25, -0.2) is 4.39 Å². The van der Waals surface area contributed by atoms with E-state index in [0.29, 0.717) is 12.8 Å². The maximum atomic E-state index is 15.2. The second-order valence-corrected chi connectivity index (χ2v) is 8.60. The molecule has 33 heavy (non-hydrogen) atoms. The van der Waals surface area contributed by atoms with Crippen LogP contribution in [0.2, 0.25) is 0 Å². The maximum absolute atomic E-state index is 15.2. The summed E-state index contributed by atoms with van der Waals surface area (Å²) < 4.78 is 15.2. The topological polar surface area (TPSA) is 48.8 Å². The van der Waals surface area contributed by atoms with Crippen LogP contribution in [0.15, 0.2) is 76.7 Å². The lowest BCUT2D eigenvalue weighted by Gasteiger charge is -2.10. The van der Waals surface area contributed by atoms with Crippen LogP contribution in [-0.2, 0) is 25.7 Å². The average Bonchev–Trinajstić information content (AvgIpc) is 3.58.